The predicted octanol–water partition coefficient (Wildman–Crippen LogP) is -3.62. The Labute approximate surface area is 116 Å². The summed E-state index contributed by atoms with van der Waals surface area (Å²) in [6.45, 7) is -1.81. The molecule has 0 aromatic heterocycles. The molecule has 4 atom stereocenters. The quantitative estimate of drug-likeness (QED) is 0.308. The maximum Gasteiger partial charge on any atom is 0.264 e. The molecule has 0 aliphatic carbocycles. The first-order valence-electron chi connectivity index (χ1n) is 5.25. The lowest BCUT2D eigenvalue weighted by Gasteiger charge is -2.27. The third-order valence-corrected chi connectivity index (χ3v) is 3.22. The molecule has 0 aromatic rings. The summed E-state index contributed by atoms with van der Waals surface area (Å²) in [5.74, 6) is 0. The van der Waals surface area contributed by atoms with E-state index >= 15 is 0 Å². The van der Waals surface area contributed by atoms with Gasteiger partial charge >= 0.3 is 0 Å². The molecule has 0 bridgehead atoms. The van der Waals surface area contributed by atoms with Crippen molar-refractivity contribution in [2.75, 3.05) is 25.7 Å². The SMILES string of the molecule is CS(=O)(=O)OC[C@@H](OS(C)(=O)=O)[C@@H](O)[C@H](O)[C@H](O)CO. The Morgan fingerprint density at radius 1 is 0.950 bits per heavy atom. The summed E-state index contributed by atoms with van der Waals surface area (Å²) in [4.78, 5) is 0. The fourth-order valence-electron chi connectivity index (χ4n) is 1.15. The van der Waals surface area contributed by atoms with Gasteiger partial charge in [-0.1, -0.05) is 0 Å². The average Bonchev–Trinajstić information content (AvgIpc) is 2.29. The Morgan fingerprint density at radius 3 is 1.80 bits per heavy atom. The molecule has 0 aliphatic heterocycles. The standard InChI is InChI=1S/C8H18O10S2/c1-19(13,14)17-4-6(18-20(2,15)16)8(12)7(11)5(10)3-9/h5-12H,3-4H2,1-2H3/t5-,6-,7-,8-/m1/s1. The fourth-order valence-corrected chi connectivity index (χ4v) is 2.15. The van der Waals surface area contributed by atoms with Gasteiger partial charge in [0.1, 0.15) is 24.4 Å². The molecule has 0 unspecified atom stereocenters. The molecule has 0 rings (SSSR count). The summed E-state index contributed by atoms with van der Waals surface area (Å²) in [7, 11) is -8.03. The van der Waals surface area contributed by atoms with E-state index in [4.69, 9.17) is 10.2 Å². The van der Waals surface area contributed by atoms with Crippen molar-refractivity contribution in [2.45, 2.75) is 24.4 Å². The summed E-state index contributed by atoms with van der Waals surface area (Å²) in [5.41, 5.74) is 0. The Balaban J connectivity index is 5.00. The van der Waals surface area contributed by atoms with Crippen LogP contribution in [-0.4, -0.2) is 87.4 Å². The van der Waals surface area contributed by atoms with Gasteiger partial charge in [-0.3, -0.25) is 8.37 Å². The fraction of sp³-hybridized carbons (Fsp3) is 1.00. The number of hydrogen-bond donors (Lipinski definition) is 4. The van der Waals surface area contributed by atoms with E-state index in [1.807, 2.05) is 0 Å². The van der Waals surface area contributed by atoms with Crippen LogP contribution >= 0.6 is 0 Å². The number of aliphatic hydroxyl groups excluding tert-OH is 4. The molecule has 0 saturated carbocycles. The zero-order chi connectivity index (χ0) is 16.1. The summed E-state index contributed by atoms with van der Waals surface area (Å²) >= 11 is 0. The van der Waals surface area contributed by atoms with E-state index in [9.17, 15) is 27.0 Å². The van der Waals surface area contributed by atoms with Crippen LogP contribution in [0, 0.1) is 0 Å². The van der Waals surface area contributed by atoms with Crippen LogP contribution in [0.25, 0.3) is 0 Å². The van der Waals surface area contributed by atoms with Crippen LogP contribution < -0.4 is 0 Å². The van der Waals surface area contributed by atoms with Gasteiger partial charge < -0.3 is 20.4 Å². The van der Waals surface area contributed by atoms with E-state index in [-0.39, 0.29) is 0 Å². The second-order valence-corrected chi connectivity index (χ2v) is 7.30. The van der Waals surface area contributed by atoms with Crippen molar-refractivity contribution in [1.82, 2.24) is 0 Å². The normalized spacial score (nSPS) is 19.3. The lowest BCUT2D eigenvalue weighted by Crippen LogP contribution is -2.49. The van der Waals surface area contributed by atoms with Crippen molar-refractivity contribution >= 4 is 20.2 Å². The molecule has 0 heterocycles. The third-order valence-electron chi connectivity index (χ3n) is 2.06. The van der Waals surface area contributed by atoms with Crippen molar-refractivity contribution in [3.8, 4) is 0 Å². The van der Waals surface area contributed by atoms with Gasteiger partial charge in [-0.05, 0) is 0 Å². The second kappa shape index (κ2) is 7.61. The minimum absolute atomic E-state index is 0.641. The molecule has 0 fully saturated rings. The lowest BCUT2D eigenvalue weighted by atomic mass is 10.0. The van der Waals surface area contributed by atoms with Crippen LogP contribution in [0.2, 0.25) is 0 Å². The molecule has 0 spiro atoms. The first-order valence-corrected chi connectivity index (χ1v) is 8.88. The van der Waals surface area contributed by atoms with Gasteiger partial charge in [0, 0.05) is 0 Å². The first-order chi connectivity index (χ1) is 8.87. The van der Waals surface area contributed by atoms with Crippen molar-refractivity contribution in [1.29, 1.82) is 0 Å². The van der Waals surface area contributed by atoms with Gasteiger partial charge in [-0.25, -0.2) is 0 Å². The molecule has 20 heavy (non-hydrogen) atoms. The smallest absolute Gasteiger partial charge is 0.264 e. The van der Waals surface area contributed by atoms with Crippen molar-refractivity contribution < 1.29 is 45.6 Å². The topological polar surface area (TPSA) is 168 Å². The van der Waals surface area contributed by atoms with Crippen LogP contribution in [0.15, 0.2) is 0 Å². The third kappa shape index (κ3) is 8.06. The van der Waals surface area contributed by atoms with Crippen LogP contribution in [0.3, 0.4) is 0 Å². The number of rotatable bonds is 9. The maximum absolute atomic E-state index is 11.0. The van der Waals surface area contributed by atoms with Crippen LogP contribution in [0.4, 0.5) is 0 Å². The van der Waals surface area contributed by atoms with Gasteiger partial charge in [0.05, 0.1) is 25.7 Å². The van der Waals surface area contributed by atoms with E-state index in [1.54, 1.807) is 0 Å². The summed E-state index contributed by atoms with van der Waals surface area (Å²) < 4.78 is 52.3. The summed E-state index contributed by atoms with van der Waals surface area (Å²) in [6.07, 6.45) is -6.19. The molecule has 0 saturated heterocycles. The molecule has 122 valence electrons. The van der Waals surface area contributed by atoms with Crippen molar-refractivity contribution in [2.24, 2.45) is 0 Å². The van der Waals surface area contributed by atoms with Gasteiger partial charge in [0.25, 0.3) is 20.2 Å². The Kier molecular flexibility index (Phi) is 7.48. The van der Waals surface area contributed by atoms with Gasteiger partial charge in [-0.2, -0.15) is 16.8 Å². The second-order valence-electron chi connectivity index (χ2n) is 4.06. The van der Waals surface area contributed by atoms with E-state index in [0.29, 0.717) is 12.5 Å². The molecule has 10 nitrogen and oxygen atoms in total. The van der Waals surface area contributed by atoms with Crippen LogP contribution in [0.5, 0.6) is 0 Å². The molecular formula is C8H18O10S2. The van der Waals surface area contributed by atoms with Crippen LogP contribution in [-0.2, 0) is 28.6 Å². The van der Waals surface area contributed by atoms with E-state index < -0.39 is 57.9 Å². The zero-order valence-electron chi connectivity index (χ0n) is 10.8. The Bertz CT molecular complexity index is 483. The largest absolute Gasteiger partial charge is 0.394 e. The number of aliphatic hydroxyl groups is 4. The van der Waals surface area contributed by atoms with E-state index in [0.717, 1.165) is 0 Å². The molecule has 0 amide bonds. The highest BCUT2D eigenvalue weighted by Gasteiger charge is 2.34. The highest BCUT2D eigenvalue weighted by molar-refractivity contribution is 7.86. The molecule has 0 aliphatic rings. The highest BCUT2D eigenvalue weighted by atomic mass is 32.2. The maximum atomic E-state index is 11.0. The monoisotopic (exact) mass is 338 g/mol. The minimum atomic E-state index is -4.09. The molecular weight excluding hydrogens is 320 g/mol. The van der Waals surface area contributed by atoms with E-state index in [2.05, 4.69) is 8.37 Å². The zero-order valence-corrected chi connectivity index (χ0v) is 12.4. The molecule has 12 heteroatoms. The molecule has 0 radical (unpaired) electrons. The highest BCUT2D eigenvalue weighted by Crippen LogP contribution is 2.12. The minimum Gasteiger partial charge on any atom is -0.394 e. The van der Waals surface area contributed by atoms with Crippen molar-refractivity contribution in [3.63, 3.8) is 0 Å². The number of hydrogen-bond acceptors (Lipinski definition) is 10. The van der Waals surface area contributed by atoms with Crippen LogP contribution in [0.1, 0.15) is 0 Å². The predicted molar refractivity (Wildman–Crippen MR) is 65.6 cm³/mol. The van der Waals surface area contributed by atoms with E-state index in [1.165, 1.54) is 0 Å². The Hall–Kier alpha value is -0.340. The molecule has 0 aromatic carbocycles. The van der Waals surface area contributed by atoms with Gasteiger partial charge in [-0.15, -0.1) is 0 Å². The summed E-state index contributed by atoms with van der Waals surface area (Å²) in [6, 6.07) is 0. The van der Waals surface area contributed by atoms with Gasteiger partial charge in [0.15, 0.2) is 0 Å². The Morgan fingerprint density at radius 2 is 1.45 bits per heavy atom. The van der Waals surface area contributed by atoms with Crippen molar-refractivity contribution in [3.05, 3.63) is 0 Å². The lowest BCUT2D eigenvalue weighted by molar-refractivity contribution is -0.113. The van der Waals surface area contributed by atoms with Gasteiger partial charge in [0.2, 0.25) is 0 Å². The first kappa shape index (κ1) is 19.7. The average molecular weight is 338 g/mol. The summed E-state index contributed by atoms with van der Waals surface area (Å²) in [5, 5.41) is 36.9. The molecule has 4 N–H and O–H groups in total.